The van der Waals surface area contributed by atoms with E-state index in [2.05, 4.69) is 52.9 Å². The molecule has 0 saturated heterocycles. The first kappa shape index (κ1) is 13.3. The van der Waals surface area contributed by atoms with E-state index in [4.69, 9.17) is 0 Å². The van der Waals surface area contributed by atoms with Gasteiger partial charge in [0.1, 0.15) is 0 Å². The first-order valence-corrected chi connectivity index (χ1v) is 7.39. The van der Waals surface area contributed by atoms with Crippen molar-refractivity contribution in [1.29, 1.82) is 0 Å². The van der Waals surface area contributed by atoms with Crippen LogP contribution in [-0.2, 0) is 18.9 Å². The Balaban J connectivity index is 1.83. The van der Waals surface area contributed by atoms with Crippen molar-refractivity contribution in [2.45, 2.75) is 37.6 Å². The Morgan fingerprint density at radius 3 is 2.60 bits per heavy atom. The molecule has 4 heteroatoms. The van der Waals surface area contributed by atoms with E-state index in [1.165, 1.54) is 18.4 Å². The molecule has 0 aliphatic heterocycles. The van der Waals surface area contributed by atoms with Gasteiger partial charge >= 0.3 is 0 Å². The van der Waals surface area contributed by atoms with E-state index in [9.17, 15) is 0 Å². The Morgan fingerprint density at radius 2 is 2.05 bits per heavy atom. The van der Waals surface area contributed by atoms with Gasteiger partial charge < -0.3 is 5.32 Å². The van der Waals surface area contributed by atoms with Crippen LogP contribution in [0.4, 0.5) is 0 Å². The average molecular weight is 270 g/mol. The standard InChI is InChI=1S/C16H22N4/c1-3-17-15(11-14-12-20(2)19-18-14)16(9-10-16)13-7-5-4-6-8-13/h4-8,12,15,17H,3,9-11H2,1-2H3. The fourth-order valence-corrected chi connectivity index (χ4v) is 3.15. The summed E-state index contributed by atoms with van der Waals surface area (Å²) in [5.74, 6) is 0. The fourth-order valence-electron chi connectivity index (χ4n) is 3.15. The van der Waals surface area contributed by atoms with Crippen LogP contribution in [0.3, 0.4) is 0 Å². The zero-order valence-electron chi connectivity index (χ0n) is 12.2. The maximum absolute atomic E-state index is 4.25. The van der Waals surface area contributed by atoms with Crippen molar-refractivity contribution in [1.82, 2.24) is 20.3 Å². The molecule has 0 bridgehead atoms. The first-order valence-electron chi connectivity index (χ1n) is 7.39. The average Bonchev–Trinajstić information content (AvgIpc) is 3.18. The summed E-state index contributed by atoms with van der Waals surface area (Å²) < 4.78 is 1.78. The quantitative estimate of drug-likeness (QED) is 0.874. The lowest BCUT2D eigenvalue weighted by Crippen LogP contribution is -2.41. The van der Waals surface area contributed by atoms with Gasteiger partial charge in [-0.15, -0.1) is 5.10 Å². The monoisotopic (exact) mass is 270 g/mol. The number of nitrogens with zero attached hydrogens (tertiary/aromatic N) is 3. The van der Waals surface area contributed by atoms with Crippen molar-refractivity contribution < 1.29 is 0 Å². The third-order valence-electron chi connectivity index (χ3n) is 4.32. The number of aryl methyl sites for hydroxylation is 1. The molecule has 1 aliphatic rings. The summed E-state index contributed by atoms with van der Waals surface area (Å²) in [4.78, 5) is 0. The molecule has 1 aromatic carbocycles. The van der Waals surface area contributed by atoms with Crippen LogP contribution in [0.1, 0.15) is 31.0 Å². The summed E-state index contributed by atoms with van der Waals surface area (Å²) >= 11 is 0. The SMILES string of the molecule is CCNC(Cc1cn(C)nn1)C1(c2ccccc2)CC1. The Bertz CT molecular complexity index is 557. The maximum atomic E-state index is 4.25. The van der Waals surface area contributed by atoms with Crippen LogP contribution in [0.15, 0.2) is 36.5 Å². The van der Waals surface area contributed by atoms with E-state index in [1.54, 1.807) is 4.68 Å². The summed E-state index contributed by atoms with van der Waals surface area (Å²) in [5, 5.41) is 12.0. The molecule has 1 aliphatic carbocycles. The molecule has 0 spiro atoms. The lowest BCUT2D eigenvalue weighted by molar-refractivity contribution is 0.418. The fraction of sp³-hybridized carbons (Fsp3) is 0.500. The second-order valence-corrected chi connectivity index (χ2v) is 5.72. The van der Waals surface area contributed by atoms with Crippen LogP contribution < -0.4 is 5.32 Å². The molecule has 0 radical (unpaired) electrons. The Kier molecular flexibility index (Phi) is 3.57. The molecule has 0 amide bonds. The summed E-state index contributed by atoms with van der Waals surface area (Å²) in [6.07, 6.45) is 5.48. The van der Waals surface area contributed by atoms with Crippen molar-refractivity contribution in [2.75, 3.05) is 6.54 Å². The Morgan fingerprint density at radius 1 is 1.30 bits per heavy atom. The van der Waals surface area contributed by atoms with Gasteiger partial charge in [-0.2, -0.15) is 0 Å². The zero-order valence-corrected chi connectivity index (χ0v) is 12.2. The van der Waals surface area contributed by atoms with Gasteiger partial charge in [0.25, 0.3) is 0 Å². The van der Waals surface area contributed by atoms with E-state index in [0.29, 0.717) is 6.04 Å². The zero-order chi connectivity index (χ0) is 14.0. The van der Waals surface area contributed by atoms with Gasteiger partial charge in [-0.25, -0.2) is 0 Å². The molecular formula is C16H22N4. The second-order valence-electron chi connectivity index (χ2n) is 5.72. The van der Waals surface area contributed by atoms with E-state index in [1.807, 2.05) is 13.2 Å². The number of nitrogens with one attached hydrogen (secondary N) is 1. The lowest BCUT2D eigenvalue weighted by atomic mass is 9.85. The maximum Gasteiger partial charge on any atom is 0.0842 e. The number of likely N-dealkylation sites (N-methyl/N-ethyl adjacent to an activating group) is 1. The van der Waals surface area contributed by atoms with Crippen LogP contribution in [0.2, 0.25) is 0 Å². The predicted octanol–water partition coefficient (Wildman–Crippen LogP) is 2.07. The Hall–Kier alpha value is -1.68. The molecule has 1 fully saturated rings. The summed E-state index contributed by atoms with van der Waals surface area (Å²) in [5.41, 5.74) is 2.81. The molecule has 1 N–H and O–H groups in total. The van der Waals surface area contributed by atoms with Gasteiger partial charge in [0, 0.05) is 31.1 Å². The lowest BCUT2D eigenvalue weighted by Gasteiger charge is -2.27. The topological polar surface area (TPSA) is 42.7 Å². The number of hydrogen-bond acceptors (Lipinski definition) is 3. The summed E-state index contributed by atoms with van der Waals surface area (Å²) in [6, 6.07) is 11.3. The molecule has 1 atom stereocenters. The number of benzene rings is 1. The number of hydrogen-bond donors (Lipinski definition) is 1. The van der Waals surface area contributed by atoms with E-state index < -0.39 is 0 Å². The molecule has 3 rings (SSSR count). The van der Waals surface area contributed by atoms with Gasteiger partial charge in [0.15, 0.2) is 0 Å². The Labute approximate surface area is 120 Å². The smallest absolute Gasteiger partial charge is 0.0842 e. The number of rotatable bonds is 6. The molecular weight excluding hydrogens is 248 g/mol. The van der Waals surface area contributed by atoms with E-state index in [-0.39, 0.29) is 5.41 Å². The molecule has 1 saturated carbocycles. The van der Waals surface area contributed by atoms with Gasteiger partial charge in [-0.3, -0.25) is 4.68 Å². The summed E-state index contributed by atoms with van der Waals surface area (Å²) in [6.45, 7) is 3.16. The minimum atomic E-state index is 0.286. The van der Waals surface area contributed by atoms with Crippen molar-refractivity contribution in [2.24, 2.45) is 7.05 Å². The third kappa shape index (κ3) is 2.48. The van der Waals surface area contributed by atoms with Gasteiger partial charge in [0.05, 0.1) is 5.69 Å². The first-order chi connectivity index (χ1) is 9.74. The molecule has 1 unspecified atom stereocenters. The van der Waals surface area contributed by atoms with Gasteiger partial charge in [0.2, 0.25) is 0 Å². The molecule has 1 heterocycles. The molecule has 2 aromatic rings. The number of aromatic nitrogens is 3. The van der Waals surface area contributed by atoms with Crippen LogP contribution in [0.5, 0.6) is 0 Å². The van der Waals surface area contributed by atoms with Crippen LogP contribution in [0.25, 0.3) is 0 Å². The van der Waals surface area contributed by atoms with Crippen molar-refractivity contribution in [3.05, 3.63) is 47.8 Å². The highest BCUT2D eigenvalue weighted by Crippen LogP contribution is 2.51. The highest BCUT2D eigenvalue weighted by atomic mass is 15.4. The largest absolute Gasteiger partial charge is 0.313 e. The summed E-state index contributed by atoms with van der Waals surface area (Å²) in [7, 11) is 1.92. The molecule has 20 heavy (non-hydrogen) atoms. The van der Waals surface area contributed by atoms with Crippen molar-refractivity contribution in [3.63, 3.8) is 0 Å². The third-order valence-corrected chi connectivity index (χ3v) is 4.32. The van der Waals surface area contributed by atoms with Gasteiger partial charge in [-0.1, -0.05) is 42.5 Å². The highest BCUT2D eigenvalue weighted by molar-refractivity contribution is 5.34. The van der Waals surface area contributed by atoms with Crippen molar-refractivity contribution >= 4 is 0 Å². The van der Waals surface area contributed by atoms with E-state index >= 15 is 0 Å². The predicted molar refractivity (Wildman–Crippen MR) is 79.5 cm³/mol. The van der Waals surface area contributed by atoms with Crippen LogP contribution in [-0.4, -0.2) is 27.6 Å². The molecule has 106 valence electrons. The minimum absolute atomic E-state index is 0.286. The van der Waals surface area contributed by atoms with Gasteiger partial charge in [-0.05, 0) is 24.9 Å². The van der Waals surface area contributed by atoms with Crippen LogP contribution in [0, 0.1) is 0 Å². The van der Waals surface area contributed by atoms with Crippen molar-refractivity contribution in [3.8, 4) is 0 Å². The molecule has 4 nitrogen and oxygen atoms in total. The second kappa shape index (κ2) is 5.37. The minimum Gasteiger partial charge on any atom is -0.313 e. The van der Waals surface area contributed by atoms with Crippen LogP contribution >= 0.6 is 0 Å². The normalized spacial score (nSPS) is 17.9. The highest BCUT2D eigenvalue weighted by Gasteiger charge is 2.50. The van der Waals surface area contributed by atoms with E-state index in [0.717, 1.165) is 18.7 Å². The molecule has 1 aromatic heterocycles.